The molecule has 1 aliphatic heterocycles. The molecule has 0 spiro atoms. The van der Waals surface area contributed by atoms with Crippen molar-refractivity contribution >= 4 is 0 Å². The lowest BCUT2D eigenvalue weighted by atomic mass is 10.0. The highest BCUT2D eigenvalue weighted by atomic mass is 16.5. The first-order valence-corrected chi connectivity index (χ1v) is 7.19. The Balaban J connectivity index is 1.63. The van der Waals surface area contributed by atoms with Crippen LogP contribution in [0.2, 0.25) is 0 Å². The number of rotatable bonds is 5. The molecule has 0 saturated carbocycles. The molecule has 1 aromatic carbocycles. The molecule has 1 aromatic heterocycles. The Labute approximate surface area is 119 Å². The highest BCUT2D eigenvalue weighted by molar-refractivity contribution is 5.62. The second-order valence-corrected chi connectivity index (χ2v) is 5.64. The van der Waals surface area contributed by atoms with E-state index < -0.39 is 0 Å². The van der Waals surface area contributed by atoms with Crippen LogP contribution in [0, 0.1) is 0 Å². The number of aromatic nitrogens is 2. The molecule has 1 saturated heterocycles. The Morgan fingerprint density at radius 3 is 2.95 bits per heavy atom. The van der Waals surface area contributed by atoms with E-state index in [4.69, 9.17) is 4.74 Å². The Bertz CT molecular complexity index is 544. The van der Waals surface area contributed by atoms with E-state index in [1.54, 1.807) is 0 Å². The van der Waals surface area contributed by atoms with Crippen molar-refractivity contribution in [1.82, 2.24) is 15.5 Å². The van der Waals surface area contributed by atoms with E-state index in [0.717, 1.165) is 31.8 Å². The summed E-state index contributed by atoms with van der Waals surface area (Å²) in [5, 5.41) is 10.8. The number of benzene rings is 1. The van der Waals surface area contributed by atoms with Gasteiger partial charge in [-0.05, 0) is 25.3 Å². The van der Waals surface area contributed by atoms with Crippen LogP contribution in [-0.4, -0.2) is 29.0 Å². The van der Waals surface area contributed by atoms with Crippen LogP contribution >= 0.6 is 0 Å². The lowest BCUT2D eigenvalue weighted by Crippen LogP contribution is -2.36. The van der Waals surface area contributed by atoms with Gasteiger partial charge in [0, 0.05) is 25.3 Å². The molecule has 4 nitrogen and oxygen atoms in total. The number of nitrogens with zero attached hydrogens (tertiary/aromatic N) is 1. The number of H-pyrrole nitrogens is 1. The summed E-state index contributed by atoms with van der Waals surface area (Å²) in [6.07, 6.45) is 4.20. The second kappa shape index (κ2) is 5.77. The van der Waals surface area contributed by atoms with Gasteiger partial charge in [0.05, 0.1) is 17.5 Å². The van der Waals surface area contributed by atoms with Gasteiger partial charge in [0.25, 0.3) is 0 Å². The average Bonchev–Trinajstić information content (AvgIpc) is 3.10. The third-order valence-corrected chi connectivity index (χ3v) is 3.90. The zero-order valence-electron chi connectivity index (χ0n) is 11.9. The molecule has 106 valence electrons. The van der Waals surface area contributed by atoms with Crippen molar-refractivity contribution in [2.75, 3.05) is 13.2 Å². The summed E-state index contributed by atoms with van der Waals surface area (Å²) in [4.78, 5) is 0. The Morgan fingerprint density at radius 1 is 1.35 bits per heavy atom. The van der Waals surface area contributed by atoms with Gasteiger partial charge < -0.3 is 10.1 Å². The van der Waals surface area contributed by atoms with Crippen LogP contribution in [0.4, 0.5) is 0 Å². The lowest BCUT2D eigenvalue weighted by Gasteiger charge is -2.23. The molecular formula is C16H21N3O. The number of aromatic amines is 1. The van der Waals surface area contributed by atoms with Crippen LogP contribution in [0.3, 0.4) is 0 Å². The number of nitrogens with one attached hydrogen (secondary N) is 2. The summed E-state index contributed by atoms with van der Waals surface area (Å²) in [5.41, 5.74) is 3.45. The summed E-state index contributed by atoms with van der Waals surface area (Å²) in [5.74, 6) is 0. The maximum absolute atomic E-state index is 5.79. The molecule has 1 atom stereocenters. The Morgan fingerprint density at radius 2 is 2.20 bits per heavy atom. The number of hydrogen-bond donors (Lipinski definition) is 2. The fourth-order valence-corrected chi connectivity index (χ4v) is 2.74. The van der Waals surface area contributed by atoms with Crippen molar-refractivity contribution in [3.63, 3.8) is 0 Å². The zero-order valence-corrected chi connectivity index (χ0v) is 11.9. The highest BCUT2D eigenvalue weighted by Crippen LogP contribution is 2.24. The zero-order chi connectivity index (χ0) is 13.8. The van der Waals surface area contributed by atoms with Gasteiger partial charge in [0.1, 0.15) is 0 Å². The van der Waals surface area contributed by atoms with Crippen LogP contribution < -0.4 is 5.32 Å². The first-order valence-electron chi connectivity index (χ1n) is 7.19. The molecule has 2 N–H and O–H groups in total. The average molecular weight is 271 g/mol. The SMILES string of the molecule is CC1(CNCc2cn[nH]c2-c2ccccc2)CCCO1. The van der Waals surface area contributed by atoms with Crippen molar-refractivity contribution < 1.29 is 4.74 Å². The fourth-order valence-electron chi connectivity index (χ4n) is 2.74. The van der Waals surface area contributed by atoms with E-state index in [1.165, 1.54) is 17.5 Å². The molecule has 1 aliphatic rings. The molecule has 1 unspecified atom stereocenters. The topological polar surface area (TPSA) is 49.9 Å². The summed E-state index contributed by atoms with van der Waals surface area (Å²) >= 11 is 0. The number of ether oxygens (including phenoxy) is 1. The minimum Gasteiger partial charge on any atom is -0.374 e. The monoisotopic (exact) mass is 271 g/mol. The van der Waals surface area contributed by atoms with Gasteiger partial charge in [-0.15, -0.1) is 0 Å². The van der Waals surface area contributed by atoms with Crippen molar-refractivity contribution in [2.24, 2.45) is 0 Å². The molecule has 0 aliphatic carbocycles. The summed E-state index contributed by atoms with van der Waals surface area (Å²) in [6.45, 7) is 4.76. The predicted molar refractivity (Wildman–Crippen MR) is 79.3 cm³/mol. The van der Waals surface area contributed by atoms with Gasteiger partial charge in [-0.1, -0.05) is 30.3 Å². The third kappa shape index (κ3) is 2.92. The summed E-state index contributed by atoms with van der Waals surface area (Å²) in [7, 11) is 0. The largest absolute Gasteiger partial charge is 0.374 e. The van der Waals surface area contributed by atoms with Crippen LogP contribution in [0.15, 0.2) is 36.5 Å². The normalized spacial score (nSPS) is 22.2. The van der Waals surface area contributed by atoms with E-state index in [2.05, 4.69) is 34.6 Å². The Kier molecular flexibility index (Phi) is 3.85. The van der Waals surface area contributed by atoms with Crippen LogP contribution in [0.5, 0.6) is 0 Å². The molecule has 0 radical (unpaired) electrons. The van der Waals surface area contributed by atoms with Crippen molar-refractivity contribution in [1.29, 1.82) is 0 Å². The molecule has 2 heterocycles. The molecule has 0 amide bonds. The minimum absolute atomic E-state index is 0.00333. The van der Waals surface area contributed by atoms with Crippen LogP contribution in [0.25, 0.3) is 11.3 Å². The molecule has 2 aromatic rings. The second-order valence-electron chi connectivity index (χ2n) is 5.64. The lowest BCUT2D eigenvalue weighted by molar-refractivity contribution is 0.0207. The van der Waals surface area contributed by atoms with Crippen LogP contribution in [-0.2, 0) is 11.3 Å². The molecule has 1 fully saturated rings. The molecule has 0 bridgehead atoms. The van der Waals surface area contributed by atoms with Gasteiger partial charge in [-0.25, -0.2) is 0 Å². The van der Waals surface area contributed by atoms with Gasteiger partial charge in [-0.2, -0.15) is 5.10 Å². The maximum Gasteiger partial charge on any atom is 0.0779 e. The Hall–Kier alpha value is -1.65. The maximum atomic E-state index is 5.79. The van der Waals surface area contributed by atoms with Crippen molar-refractivity contribution in [3.05, 3.63) is 42.1 Å². The quantitative estimate of drug-likeness (QED) is 0.879. The molecular weight excluding hydrogens is 250 g/mol. The van der Waals surface area contributed by atoms with Crippen LogP contribution in [0.1, 0.15) is 25.3 Å². The number of hydrogen-bond acceptors (Lipinski definition) is 3. The highest BCUT2D eigenvalue weighted by Gasteiger charge is 2.29. The molecule has 3 rings (SSSR count). The van der Waals surface area contributed by atoms with Crippen molar-refractivity contribution in [2.45, 2.75) is 31.9 Å². The summed E-state index contributed by atoms with van der Waals surface area (Å²) in [6, 6.07) is 10.3. The standard InChI is InChI=1S/C16H21N3O/c1-16(8-5-9-20-16)12-17-10-14-11-18-19-15(14)13-6-3-2-4-7-13/h2-4,6-7,11,17H,5,8-10,12H2,1H3,(H,18,19). The smallest absolute Gasteiger partial charge is 0.0779 e. The van der Waals surface area contributed by atoms with Crippen molar-refractivity contribution in [3.8, 4) is 11.3 Å². The first-order chi connectivity index (χ1) is 9.77. The molecule has 20 heavy (non-hydrogen) atoms. The predicted octanol–water partition coefficient (Wildman–Crippen LogP) is 2.74. The molecule has 4 heteroatoms. The minimum atomic E-state index is -0.00333. The van der Waals surface area contributed by atoms with Gasteiger partial charge >= 0.3 is 0 Å². The fraction of sp³-hybridized carbons (Fsp3) is 0.438. The van der Waals surface area contributed by atoms with E-state index in [9.17, 15) is 0 Å². The van der Waals surface area contributed by atoms with Gasteiger partial charge in [0.15, 0.2) is 0 Å². The van der Waals surface area contributed by atoms with E-state index in [1.807, 2.05) is 24.4 Å². The first kappa shape index (κ1) is 13.3. The van der Waals surface area contributed by atoms with Gasteiger partial charge in [-0.3, -0.25) is 5.10 Å². The van der Waals surface area contributed by atoms with Gasteiger partial charge in [0.2, 0.25) is 0 Å². The third-order valence-electron chi connectivity index (χ3n) is 3.90. The van der Waals surface area contributed by atoms with E-state index >= 15 is 0 Å². The van der Waals surface area contributed by atoms with E-state index in [0.29, 0.717) is 0 Å². The van der Waals surface area contributed by atoms with E-state index in [-0.39, 0.29) is 5.60 Å². The summed E-state index contributed by atoms with van der Waals surface area (Å²) < 4.78 is 5.79.